The van der Waals surface area contributed by atoms with E-state index in [-0.39, 0.29) is 6.61 Å². The molecule has 0 fully saturated rings. The monoisotopic (exact) mass is 359 g/mol. The minimum Gasteiger partial charge on any atom is -0.482 e. The molecule has 0 amide bonds. The van der Waals surface area contributed by atoms with Crippen LogP contribution in [0.15, 0.2) is 30.3 Å². The normalized spacial score (nSPS) is 15.9. The molecule has 0 spiro atoms. The van der Waals surface area contributed by atoms with Crippen molar-refractivity contribution in [1.82, 2.24) is 14.7 Å². The topological polar surface area (TPSA) is 87.8 Å². The number of para-hydroxylation sites is 1. The second kappa shape index (κ2) is 8.33. The highest BCUT2D eigenvalue weighted by Crippen LogP contribution is 2.24. The first-order valence-corrected chi connectivity index (χ1v) is 8.96. The van der Waals surface area contributed by atoms with Crippen molar-refractivity contribution in [2.24, 2.45) is 0 Å². The SMILES string of the molecule is CC[C@H](O)c1cc2n(n1)CCCN(Cc1ccccc1OCC(=O)O)C2. The van der Waals surface area contributed by atoms with Crippen LogP contribution in [0.2, 0.25) is 0 Å². The number of ether oxygens (including phenoxy) is 1. The molecular formula is C19H25N3O4. The fraction of sp³-hybridized carbons (Fsp3) is 0.474. The van der Waals surface area contributed by atoms with Crippen LogP contribution < -0.4 is 4.74 Å². The summed E-state index contributed by atoms with van der Waals surface area (Å²) in [6.07, 6.45) is 1.09. The van der Waals surface area contributed by atoms with Crippen LogP contribution in [0.3, 0.4) is 0 Å². The van der Waals surface area contributed by atoms with Crippen molar-refractivity contribution in [3.05, 3.63) is 47.3 Å². The van der Waals surface area contributed by atoms with Crippen LogP contribution in [0.4, 0.5) is 0 Å². The first kappa shape index (κ1) is 18.4. The van der Waals surface area contributed by atoms with Gasteiger partial charge in [0.1, 0.15) is 5.75 Å². The molecule has 1 atom stereocenters. The Morgan fingerprint density at radius 3 is 2.92 bits per heavy atom. The Morgan fingerprint density at radius 1 is 1.35 bits per heavy atom. The van der Waals surface area contributed by atoms with E-state index in [0.717, 1.165) is 43.0 Å². The first-order chi connectivity index (χ1) is 12.6. The molecule has 140 valence electrons. The summed E-state index contributed by atoms with van der Waals surface area (Å²) in [6, 6.07) is 9.53. The Morgan fingerprint density at radius 2 is 2.15 bits per heavy atom. The number of rotatable bonds is 7. The number of aromatic nitrogens is 2. The molecule has 26 heavy (non-hydrogen) atoms. The fourth-order valence-corrected chi connectivity index (χ4v) is 3.21. The number of aryl methyl sites for hydroxylation is 1. The summed E-state index contributed by atoms with van der Waals surface area (Å²) < 4.78 is 7.40. The van der Waals surface area contributed by atoms with Crippen molar-refractivity contribution in [3.63, 3.8) is 0 Å². The van der Waals surface area contributed by atoms with E-state index in [2.05, 4.69) is 10.00 Å². The van der Waals surface area contributed by atoms with E-state index >= 15 is 0 Å². The third kappa shape index (κ3) is 4.42. The molecule has 0 bridgehead atoms. The molecule has 2 N–H and O–H groups in total. The molecule has 7 nitrogen and oxygen atoms in total. The van der Waals surface area contributed by atoms with Crippen LogP contribution in [0.5, 0.6) is 5.75 Å². The van der Waals surface area contributed by atoms with E-state index in [1.54, 1.807) is 6.07 Å². The maximum atomic E-state index is 10.8. The number of carbonyl (C=O) groups is 1. The van der Waals surface area contributed by atoms with Gasteiger partial charge in [0.2, 0.25) is 0 Å². The standard InChI is InChI=1S/C19H25N3O4/c1-2-17(23)16-10-15-12-21(8-5-9-22(15)20-16)11-14-6-3-4-7-18(14)26-13-19(24)25/h3-4,6-7,10,17,23H,2,5,8-9,11-13H2,1H3,(H,24,25)/t17-/m0/s1. The van der Waals surface area contributed by atoms with Gasteiger partial charge in [-0.2, -0.15) is 5.10 Å². The first-order valence-electron chi connectivity index (χ1n) is 8.96. The molecule has 1 aromatic carbocycles. The van der Waals surface area contributed by atoms with Gasteiger partial charge < -0.3 is 14.9 Å². The predicted octanol–water partition coefficient (Wildman–Crippen LogP) is 2.20. The van der Waals surface area contributed by atoms with Crippen molar-refractivity contribution in [2.75, 3.05) is 13.2 Å². The number of aliphatic hydroxyl groups is 1. The Hall–Kier alpha value is -2.38. The van der Waals surface area contributed by atoms with Gasteiger partial charge in [0.15, 0.2) is 6.61 Å². The van der Waals surface area contributed by atoms with E-state index in [0.29, 0.717) is 18.7 Å². The summed E-state index contributed by atoms with van der Waals surface area (Å²) in [6.45, 7) is 4.75. The number of aliphatic hydroxyl groups excluding tert-OH is 1. The third-order valence-corrected chi connectivity index (χ3v) is 4.56. The number of hydrogen-bond donors (Lipinski definition) is 2. The molecule has 1 aliphatic rings. The fourth-order valence-electron chi connectivity index (χ4n) is 3.21. The molecule has 3 rings (SSSR count). The van der Waals surface area contributed by atoms with Gasteiger partial charge in [0.25, 0.3) is 0 Å². The van der Waals surface area contributed by atoms with Crippen LogP contribution in [0.1, 0.15) is 42.8 Å². The number of benzene rings is 1. The van der Waals surface area contributed by atoms with E-state index in [1.807, 2.05) is 35.9 Å². The van der Waals surface area contributed by atoms with Crippen LogP contribution in [0, 0.1) is 0 Å². The van der Waals surface area contributed by atoms with Gasteiger partial charge in [0.05, 0.1) is 17.5 Å². The molecule has 2 aromatic rings. The smallest absolute Gasteiger partial charge is 0.341 e. The summed E-state index contributed by atoms with van der Waals surface area (Å²) in [7, 11) is 0. The minimum atomic E-state index is -0.986. The highest BCUT2D eigenvalue weighted by molar-refractivity contribution is 5.68. The van der Waals surface area contributed by atoms with Crippen LogP contribution in [-0.2, 0) is 24.4 Å². The molecular weight excluding hydrogens is 334 g/mol. The van der Waals surface area contributed by atoms with E-state index in [1.165, 1.54) is 0 Å². The average molecular weight is 359 g/mol. The maximum absolute atomic E-state index is 10.8. The lowest BCUT2D eigenvalue weighted by atomic mass is 10.1. The quantitative estimate of drug-likeness (QED) is 0.788. The van der Waals surface area contributed by atoms with Gasteiger partial charge in [-0.15, -0.1) is 0 Å². The molecule has 1 aliphatic heterocycles. The molecule has 0 saturated carbocycles. The van der Waals surface area contributed by atoms with E-state index in [4.69, 9.17) is 9.84 Å². The molecule has 0 aliphatic carbocycles. The van der Waals surface area contributed by atoms with Crippen molar-refractivity contribution in [1.29, 1.82) is 0 Å². The molecule has 7 heteroatoms. The van der Waals surface area contributed by atoms with Gasteiger partial charge in [0, 0.05) is 31.7 Å². The molecule has 0 unspecified atom stereocenters. The number of fused-ring (bicyclic) bond motifs is 1. The Labute approximate surface area is 152 Å². The lowest BCUT2D eigenvalue weighted by molar-refractivity contribution is -0.139. The Kier molecular flexibility index (Phi) is 5.90. The zero-order chi connectivity index (χ0) is 18.5. The number of nitrogens with zero attached hydrogens (tertiary/aromatic N) is 3. The number of carboxylic acids is 1. The summed E-state index contributed by atoms with van der Waals surface area (Å²) >= 11 is 0. The Balaban J connectivity index is 1.73. The molecule has 1 aromatic heterocycles. The minimum absolute atomic E-state index is 0.345. The summed E-state index contributed by atoms with van der Waals surface area (Å²) in [5, 5.41) is 23.4. The van der Waals surface area contributed by atoms with Gasteiger partial charge in [-0.1, -0.05) is 25.1 Å². The zero-order valence-corrected chi connectivity index (χ0v) is 15.0. The zero-order valence-electron chi connectivity index (χ0n) is 15.0. The highest BCUT2D eigenvalue weighted by atomic mass is 16.5. The highest BCUT2D eigenvalue weighted by Gasteiger charge is 2.20. The second-order valence-electron chi connectivity index (χ2n) is 6.56. The number of hydrogen-bond acceptors (Lipinski definition) is 5. The summed E-state index contributed by atoms with van der Waals surface area (Å²) in [5.41, 5.74) is 2.79. The van der Waals surface area contributed by atoms with Crippen molar-refractivity contribution in [3.8, 4) is 5.75 Å². The van der Waals surface area contributed by atoms with Crippen molar-refractivity contribution in [2.45, 2.75) is 45.5 Å². The summed E-state index contributed by atoms with van der Waals surface area (Å²) in [5.74, 6) is -0.379. The largest absolute Gasteiger partial charge is 0.482 e. The molecule has 0 radical (unpaired) electrons. The summed E-state index contributed by atoms with van der Waals surface area (Å²) in [4.78, 5) is 13.1. The third-order valence-electron chi connectivity index (χ3n) is 4.56. The van der Waals surface area contributed by atoms with Gasteiger partial charge >= 0.3 is 5.97 Å². The van der Waals surface area contributed by atoms with Crippen LogP contribution >= 0.6 is 0 Å². The number of aliphatic carboxylic acids is 1. The second-order valence-corrected chi connectivity index (χ2v) is 6.56. The molecule has 0 saturated heterocycles. The lowest BCUT2D eigenvalue weighted by Gasteiger charge is -2.21. The van der Waals surface area contributed by atoms with Crippen LogP contribution in [0.25, 0.3) is 0 Å². The van der Waals surface area contributed by atoms with Crippen molar-refractivity contribution >= 4 is 5.97 Å². The van der Waals surface area contributed by atoms with Gasteiger partial charge in [-0.25, -0.2) is 4.79 Å². The van der Waals surface area contributed by atoms with E-state index < -0.39 is 12.1 Å². The van der Waals surface area contributed by atoms with Gasteiger partial charge in [-0.05, 0) is 25.0 Å². The predicted molar refractivity (Wildman–Crippen MR) is 95.8 cm³/mol. The average Bonchev–Trinajstić information content (AvgIpc) is 2.93. The van der Waals surface area contributed by atoms with Gasteiger partial charge in [-0.3, -0.25) is 9.58 Å². The van der Waals surface area contributed by atoms with E-state index in [9.17, 15) is 9.90 Å². The van der Waals surface area contributed by atoms with Crippen LogP contribution in [-0.4, -0.2) is 44.0 Å². The Bertz CT molecular complexity index is 759. The van der Waals surface area contributed by atoms with Crippen molar-refractivity contribution < 1.29 is 19.7 Å². The molecule has 2 heterocycles. The lowest BCUT2D eigenvalue weighted by Crippen LogP contribution is -2.23. The maximum Gasteiger partial charge on any atom is 0.341 e. The number of carboxylic acid groups (broad SMARTS) is 1.